The summed E-state index contributed by atoms with van der Waals surface area (Å²) in [5, 5.41) is 7.31. The van der Waals surface area contributed by atoms with Gasteiger partial charge in [0.1, 0.15) is 24.4 Å². The summed E-state index contributed by atoms with van der Waals surface area (Å²) in [7, 11) is 0. The zero-order valence-corrected chi connectivity index (χ0v) is 29.0. The fourth-order valence-corrected chi connectivity index (χ4v) is 6.62. The predicted molar refractivity (Wildman–Crippen MR) is 175 cm³/mol. The van der Waals surface area contributed by atoms with Crippen LogP contribution in [-0.4, -0.2) is 60.1 Å². The number of amides is 1. The van der Waals surface area contributed by atoms with E-state index in [1.807, 2.05) is 20.8 Å². The number of halogens is 8. The second-order valence-corrected chi connectivity index (χ2v) is 14.5. The third-order valence-electron chi connectivity index (χ3n) is 9.41. The summed E-state index contributed by atoms with van der Waals surface area (Å²) < 4.78 is 117. The number of nitrogens with two attached hydrogens (primary N) is 1. The van der Waals surface area contributed by atoms with Crippen molar-refractivity contribution < 1.29 is 49.4 Å². The highest BCUT2D eigenvalue weighted by atomic mass is 19.4. The van der Waals surface area contributed by atoms with E-state index < -0.39 is 83.8 Å². The average molecular weight is 767 g/mol. The second kappa shape index (κ2) is 13.8. The Morgan fingerprint density at radius 2 is 1.69 bits per heavy atom. The smallest absolute Gasteiger partial charge is 0.395 e. The molecule has 1 aliphatic heterocycles. The van der Waals surface area contributed by atoms with Gasteiger partial charge in [-0.1, -0.05) is 51.1 Å². The number of esters is 1. The lowest BCUT2D eigenvalue weighted by Crippen LogP contribution is -2.47. The van der Waals surface area contributed by atoms with Crippen LogP contribution in [0.15, 0.2) is 66.2 Å². The number of carbonyl (C=O) groups excluding carboxylic acids is 2. The van der Waals surface area contributed by atoms with Gasteiger partial charge in [-0.25, -0.2) is 32.5 Å². The van der Waals surface area contributed by atoms with Gasteiger partial charge in [-0.05, 0) is 53.5 Å². The number of guanidine groups is 1. The zero-order chi connectivity index (χ0) is 39.4. The molecule has 11 nitrogen and oxygen atoms in total. The molecule has 2 atom stereocenters. The normalized spacial score (nSPS) is 19.1. The van der Waals surface area contributed by atoms with Crippen molar-refractivity contribution in [3.05, 3.63) is 84.0 Å². The predicted octanol–water partition coefficient (Wildman–Crippen LogP) is 7.41. The Balaban J connectivity index is 1.38. The first-order chi connectivity index (χ1) is 25.2. The van der Waals surface area contributed by atoms with E-state index in [2.05, 4.69) is 20.2 Å². The van der Waals surface area contributed by atoms with Crippen LogP contribution in [0.4, 0.5) is 35.1 Å². The number of aromatic nitrogens is 5. The van der Waals surface area contributed by atoms with Gasteiger partial charge < -0.3 is 10.5 Å². The highest BCUT2D eigenvalue weighted by Crippen LogP contribution is 2.60. The number of hydrogen-bond acceptors (Lipinski definition) is 8. The number of benzene rings is 2. The van der Waals surface area contributed by atoms with Crippen molar-refractivity contribution in [1.29, 1.82) is 0 Å². The highest BCUT2D eigenvalue weighted by Gasteiger charge is 2.64. The zero-order valence-electron chi connectivity index (χ0n) is 29.0. The lowest BCUT2D eigenvalue weighted by molar-refractivity contribution is -0.195. The van der Waals surface area contributed by atoms with Gasteiger partial charge in [-0.3, -0.25) is 14.5 Å². The first-order valence-electron chi connectivity index (χ1n) is 16.6. The van der Waals surface area contributed by atoms with Crippen molar-refractivity contribution >= 4 is 17.8 Å². The number of hydrogen-bond donors (Lipinski definition) is 1. The van der Waals surface area contributed by atoms with Gasteiger partial charge in [-0.2, -0.15) is 32.1 Å². The molecule has 288 valence electrons. The van der Waals surface area contributed by atoms with Gasteiger partial charge >= 0.3 is 18.7 Å². The minimum Gasteiger partial charge on any atom is -0.463 e. The van der Waals surface area contributed by atoms with Gasteiger partial charge in [0.25, 0.3) is 12.3 Å². The fraction of sp³-hybridized carbons (Fsp3) is 0.429. The Morgan fingerprint density at radius 3 is 2.24 bits per heavy atom. The minimum atomic E-state index is -4.66. The maximum absolute atomic E-state index is 15.7. The minimum absolute atomic E-state index is 0.0509. The van der Waals surface area contributed by atoms with Crippen LogP contribution in [0.2, 0.25) is 0 Å². The van der Waals surface area contributed by atoms with Crippen LogP contribution in [0.5, 0.6) is 0 Å². The molecule has 1 saturated carbocycles. The van der Waals surface area contributed by atoms with E-state index in [0.29, 0.717) is 26.1 Å². The summed E-state index contributed by atoms with van der Waals surface area (Å²) in [6.45, 7) is 1.87. The Morgan fingerprint density at radius 1 is 1.00 bits per heavy atom. The molecule has 3 heterocycles. The Bertz CT molecular complexity index is 2070. The maximum atomic E-state index is 15.7. The van der Waals surface area contributed by atoms with Crippen molar-refractivity contribution in [3.8, 4) is 16.8 Å². The molecule has 19 heteroatoms. The molecule has 1 fully saturated rings. The first kappa shape index (κ1) is 38.4. The van der Waals surface area contributed by atoms with E-state index in [0.717, 1.165) is 29.6 Å². The molecule has 0 bridgehead atoms. The SMILES string of the molecule is CC(C)(C)C[C@]1(c2ccc(-c3cnn(C(F)F)c3)cc2)N=C(N)N([C@H](COC(=O)CC2(C(F)(F)F)CC2)c2ccc(-n3ncnc3C(F)F)c(F)c2)C1=O. The number of nitrogens with zero attached hydrogens (tertiary/aromatic N) is 7. The van der Waals surface area contributed by atoms with Crippen molar-refractivity contribution in [1.82, 2.24) is 29.4 Å². The lowest BCUT2D eigenvalue weighted by Gasteiger charge is -2.35. The molecule has 0 radical (unpaired) electrons. The van der Waals surface area contributed by atoms with Gasteiger partial charge in [0, 0.05) is 11.8 Å². The van der Waals surface area contributed by atoms with E-state index >= 15 is 4.39 Å². The summed E-state index contributed by atoms with van der Waals surface area (Å²) in [6.07, 6.45) is -6.02. The van der Waals surface area contributed by atoms with Gasteiger partial charge in [0.15, 0.2) is 17.3 Å². The molecule has 1 aliphatic carbocycles. The van der Waals surface area contributed by atoms with E-state index in [4.69, 9.17) is 10.5 Å². The molecule has 1 amide bonds. The van der Waals surface area contributed by atoms with Gasteiger partial charge in [-0.15, -0.1) is 0 Å². The topological polar surface area (TPSA) is 134 Å². The molecule has 2 aromatic heterocycles. The van der Waals surface area contributed by atoms with Gasteiger partial charge in [0.2, 0.25) is 0 Å². The molecule has 6 rings (SSSR count). The summed E-state index contributed by atoms with van der Waals surface area (Å²) in [5.74, 6) is -4.30. The lowest BCUT2D eigenvalue weighted by atomic mass is 9.75. The summed E-state index contributed by atoms with van der Waals surface area (Å²) in [4.78, 5) is 36.7. The van der Waals surface area contributed by atoms with Crippen molar-refractivity contribution in [2.75, 3.05) is 6.61 Å². The standard InChI is InChI=1S/C35H34F8N8O3/c1-32(2,3)17-34(22-7-4-19(5-8-22)21-14-46-49(15-21)30(39)40)29(53)50(31(44)48-34)25(16-54-26(52)13-33(10-11-33)35(41,42)43)20-6-9-24(23(36)12-20)51-28(27(37)38)45-18-47-51/h4-9,12,14-15,18,25,27,30H,10-11,13,16-17H2,1-3H3,(H2,44,48)/t25-,34-/m1/s1. The van der Waals surface area contributed by atoms with E-state index in [-0.39, 0.29) is 30.8 Å². The van der Waals surface area contributed by atoms with E-state index in [9.17, 15) is 40.3 Å². The van der Waals surface area contributed by atoms with Crippen LogP contribution in [0.3, 0.4) is 0 Å². The third kappa shape index (κ3) is 7.26. The molecule has 2 N–H and O–H groups in total. The second-order valence-electron chi connectivity index (χ2n) is 14.5. The van der Waals surface area contributed by atoms with Crippen molar-refractivity contribution in [2.24, 2.45) is 21.6 Å². The monoisotopic (exact) mass is 766 g/mol. The number of aliphatic imine (C=N–C) groups is 1. The fourth-order valence-electron chi connectivity index (χ4n) is 6.62. The quantitative estimate of drug-likeness (QED) is 0.117. The molecule has 0 spiro atoms. The van der Waals surface area contributed by atoms with Crippen molar-refractivity contribution in [2.45, 2.75) is 77.2 Å². The summed E-state index contributed by atoms with van der Waals surface area (Å²) >= 11 is 0. The summed E-state index contributed by atoms with van der Waals surface area (Å²) in [6, 6.07) is 8.02. The van der Waals surface area contributed by atoms with Crippen LogP contribution in [-0.2, 0) is 19.9 Å². The number of alkyl halides is 7. The Hall–Kier alpha value is -5.36. The molecule has 0 saturated heterocycles. The maximum Gasteiger partial charge on any atom is 0.395 e. The van der Waals surface area contributed by atoms with Crippen LogP contribution in [0.1, 0.15) is 82.4 Å². The van der Waals surface area contributed by atoms with Crippen LogP contribution in [0, 0.1) is 16.6 Å². The van der Waals surface area contributed by atoms with Gasteiger partial charge in [0.05, 0.1) is 24.1 Å². The van der Waals surface area contributed by atoms with E-state index in [1.54, 1.807) is 24.3 Å². The number of carbonyl (C=O) groups is 2. The summed E-state index contributed by atoms with van der Waals surface area (Å²) in [5.41, 5.74) is 2.59. The first-order valence-corrected chi connectivity index (χ1v) is 16.6. The molecule has 4 aromatic rings. The Labute approximate surface area is 302 Å². The molecular weight excluding hydrogens is 732 g/mol. The van der Waals surface area contributed by atoms with Crippen LogP contribution < -0.4 is 5.73 Å². The highest BCUT2D eigenvalue weighted by molar-refractivity contribution is 6.07. The molecule has 2 aromatic carbocycles. The molecule has 0 unspecified atom stereocenters. The largest absolute Gasteiger partial charge is 0.463 e. The number of ether oxygens (including phenoxy) is 1. The molecular formula is C35H34F8N8O3. The number of rotatable bonds is 12. The van der Waals surface area contributed by atoms with E-state index in [1.165, 1.54) is 12.3 Å². The Kier molecular flexibility index (Phi) is 9.81. The average Bonchev–Trinajstić information content (AvgIpc) is 3.40. The molecule has 2 aliphatic rings. The van der Waals surface area contributed by atoms with Crippen molar-refractivity contribution in [3.63, 3.8) is 0 Å². The van der Waals surface area contributed by atoms with Crippen LogP contribution in [0.25, 0.3) is 16.8 Å². The van der Waals surface area contributed by atoms with Crippen LogP contribution >= 0.6 is 0 Å². The third-order valence-corrected chi connectivity index (χ3v) is 9.41. The molecule has 54 heavy (non-hydrogen) atoms.